The van der Waals surface area contributed by atoms with Crippen molar-refractivity contribution in [2.75, 3.05) is 38.4 Å². The van der Waals surface area contributed by atoms with Crippen LogP contribution in [0.3, 0.4) is 0 Å². The molecule has 8 heteroatoms. The SMILES string of the molecule is COc1cc(OC)cc(C(=O)N2CCC(C(=O)Nc3cc(N)ccc3C)CC2)c1.Cl. The van der Waals surface area contributed by atoms with Crippen molar-refractivity contribution in [3.8, 4) is 11.5 Å². The van der Waals surface area contributed by atoms with Crippen molar-refractivity contribution in [1.29, 1.82) is 0 Å². The highest BCUT2D eigenvalue weighted by molar-refractivity contribution is 5.96. The van der Waals surface area contributed by atoms with Gasteiger partial charge in [0, 0.05) is 42.0 Å². The molecule has 3 rings (SSSR count). The van der Waals surface area contributed by atoms with Crippen molar-refractivity contribution >= 4 is 35.6 Å². The third-order valence-corrected chi connectivity index (χ3v) is 5.27. The number of piperidine rings is 1. The molecule has 0 bridgehead atoms. The lowest BCUT2D eigenvalue weighted by atomic mass is 9.95. The highest BCUT2D eigenvalue weighted by Crippen LogP contribution is 2.26. The second-order valence-corrected chi connectivity index (χ2v) is 7.23. The maximum absolute atomic E-state index is 12.9. The highest BCUT2D eigenvalue weighted by atomic mass is 35.5. The molecule has 1 saturated heterocycles. The van der Waals surface area contributed by atoms with E-state index in [9.17, 15) is 9.59 Å². The second-order valence-electron chi connectivity index (χ2n) is 7.23. The summed E-state index contributed by atoms with van der Waals surface area (Å²) >= 11 is 0. The smallest absolute Gasteiger partial charge is 0.254 e. The van der Waals surface area contributed by atoms with Crippen LogP contribution in [0.15, 0.2) is 36.4 Å². The van der Waals surface area contributed by atoms with E-state index in [0.29, 0.717) is 48.7 Å². The van der Waals surface area contributed by atoms with Crippen molar-refractivity contribution in [2.45, 2.75) is 19.8 Å². The molecule has 1 aliphatic heterocycles. The van der Waals surface area contributed by atoms with Crippen LogP contribution in [-0.2, 0) is 4.79 Å². The Hall–Kier alpha value is -2.93. The number of anilines is 2. The van der Waals surface area contributed by atoms with Gasteiger partial charge in [0.1, 0.15) is 11.5 Å². The number of ether oxygens (including phenoxy) is 2. The summed E-state index contributed by atoms with van der Waals surface area (Å²) in [6.07, 6.45) is 1.22. The number of halogens is 1. The highest BCUT2D eigenvalue weighted by Gasteiger charge is 2.28. The first-order valence-electron chi connectivity index (χ1n) is 9.60. The van der Waals surface area contributed by atoms with Crippen LogP contribution >= 0.6 is 12.4 Å². The Balaban J connectivity index is 0.00000320. The minimum absolute atomic E-state index is 0. The van der Waals surface area contributed by atoms with E-state index in [2.05, 4.69) is 5.32 Å². The fraction of sp³-hybridized carbons (Fsp3) is 0.364. The third-order valence-electron chi connectivity index (χ3n) is 5.27. The van der Waals surface area contributed by atoms with Crippen LogP contribution in [0, 0.1) is 12.8 Å². The number of aryl methyl sites for hydroxylation is 1. The summed E-state index contributed by atoms with van der Waals surface area (Å²) in [5.74, 6) is 0.875. The van der Waals surface area contributed by atoms with E-state index in [0.717, 1.165) is 11.3 Å². The molecule has 2 aromatic carbocycles. The van der Waals surface area contributed by atoms with E-state index in [1.165, 1.54) is 0 Å². The van der Waals surface area contributed by atoms with Gasteiger partial charge in [0.25, 0.3) is 5.91 Å². The Morgan fingerprint density at radius 3 is 2.20 bits per heavy atom. The van der Waals surface area contributed by atoms with Crippen molar-refractivity contribution in [1.82, 2.24) is 4.90 Å². The van der Waals surface area contributed by atoms with Crippen molar-refractivity contribution in [2.24, 2.45) is 5.92 Å². The van der Waals surface area contributed by atoms with Gasteiger partial charge in [-0.05, 0) is 49.6 Å². The molecule has 0 atom stereocenters. The first-order valence-corrected chi connectivity index (χ1v) is 9.60. The van der Waals surface area contributed by atoms with Gasteiger partial charge in [-0.2, -0.15) is 0 Å². The molecule has 2 aromatic rings. The molecule has 1 fully saturated rings. The van der Waals surface area contributed by atoms with E-state index in [-0.39, 0.29) is 30.1 Å². The number of hydrogen-bond donors (Lipinski definition) is 2. The predicted molar refractivity (Wildman–Crippen MR) is 120 cm³/mol. The summed E-state index contributed by atoms with van der Waals surface area (Å²) in [5, 5.41) is 2.97. The number of nitrogens with two attached hydrogens (primary N) is 1. The molecule has 0 aliphatic carbocycles. The van der Waals surface area contributed by atoms with Crippen molar-refractivity contribution in [3.63, 3.8) is 0 Å². The molecule has 162 valence electrons. The maximum Gasteiger partial charge on any atom is 0.254 e. The number of nitrogen functional groups attached to an aromatic ring is 1. The minimum atomic E-state index is -0.139. The van der Waals surface area contributed by atoms with Gasteiger partial charge >= 0.3 is 0 Å². The van der Waals surface area contributed by atoms with Gasteiger partial charge in [-0.1, -0.05) is 6.07 Å². The molecule has 1 heterocycles. The molecule has 0 unspecified atom stereocenters. The maximum atomic E-state index is 12.9. The van der Waals surface area contributed by atoms with Crippen LogP contribution in [-0.4, -0.2) is 44.0 Å². The summed E-state index contributed by atoms with van der Waals surface area (Å²) in [6.45, 7) is 2.97. The zero-order chi connectivity index (χ0) is 21.0. The summed E-state index contributed by atoms with van der Waals surface area (Å²) in [5.41, 5.74) is 8.64. The summed E-state index contributed by atoms with van der Waals surface area (Å²) in [7, 11) is 3.10. The normalized spacial score (nSPS) is 13.9. The predicted octanol–water partition coefficient (Wildman–Crippen LogP) is 3.51. The number of amides is 2. The van der Waals surface area contributed by atoms with Crippen LogP contribution in [0.25, 0.3) is 0 Å². The van der Waals surface area contributed by atoms with Crippen LogP contribution in [0.4, 0.5) is 11.4 Å². The number of rotatable bonds is 5. The molecular weight excluding hydrogens is 406 g/mol. The number of carbonyl (C=O) groups is 2. The third kappa shape index (κ3) is 5.36. The monoisotopic (exact) mass is 433 g/mol. The summed E-state index contributed by atoms with van der Waals surface area (Å²) < 4.78 is 10.5. The Bertz CT molecular complexity index is 889. The Morgan fingerprint density at radius 2 is 1.63 bits per heavy atom. The van der Waals surface area contributed by atoms with Gasteiger partial charge in [0.2, 0.25) is 5.91 Å². The molecule has 1 aliphatic rings. The topological polar surface area (TPSA) is 93.9 Å². The van der Waals surface area contributed by atoms with Crippen LogP contribution in [0.1, 0.15) is 28.8 Å². The lowest BCUT2D eigenvalue weighted by Crippen LogP contribution is -2.41. The number of likely N-dealkylation sites (tertiary alicyclic amines) is 1. The lowest BCUT2D eigenvalue weighted by Gasteiger charge is -2.31. The first-order chi connectivity index (χ1) is 13.9. The number of benzene rings is 2. The van der Waals surface area contributed by atoms with Crippen molar-refractivity contribution in [3.05, 3.63) is 47.5 Å². The van der Waals surface area contributed by atoms with Crippen molar-refractivity contribution < 1.29 is 19.1 Å². The van der Waals surface area contributed by atoms with Gasteiger partial charge in [-0.25, -0.2) is 0 Å². The van der Waals surface area contributed by atoms with E-state index < -0.39 is 0 Å². The van der Waals surface area contributed by atoms with Gasteiger partial charge in [0.15, 0.2) is 0 Å². The second kappa shape index (κ2) is 10.2. The van der Waals surface area contributed by atoms with Gasteiger partial charge in [0.05, 0.1) is 14.2 Å². The molecule has 30 heavy (non-hydrogen) atoms. The number of methoxy groups -OCH3 is 2. The molecule has 0 spiro atoms. The van der Waals surface area contributed by atoms with Gasteiger partial charge in [-0.3, -0.25) is 9.59 Å². The molecule has 0 radical (unpaired) electrons. The first kappa shape index (κ1) is 23.3. The fourth-order valence-electron chi connectivity index (χ4n) is 3.47. The Labute approximate surface area is 182 Å². The lowest BCUT2D eigenvalue weighted by molar-refractivity contribution is -0.121. The van der Waals surface area contributed by atoms with Crippen LogP contribution in [0.5, 0.6) is 11.5 Å². The molecule has 7 nitrogen and oxygen atoms in total. The average Bonchev–Trinajstić information content (AvgIpc) is 2.75. The van der Waals surface area contributed by atoms with Gasteiger partial charge in [-0.15, -0.1) is 12.4 Å². The summed E-state index contributed by atoms with van der Waals surface area (Å²) in [6, 6.07) is 10.6. The molecular formula is C22H28ClN3O4. The molecule has 2 amide bonds. The number of hydrogen-bond acceptors (Lipinski definition) is 5. The quantitative estimate of drug-likeness (QED) is 0.704. The number of nitrogens with one attached hydrogen (secondary N) is 1. The minimum Gasteiger partial charge on any atom is -0.497 e. The van der Waals surface area contributed by atoms with Crippen LogP contribution in [0.2, 0.25) is 0 Å². The zero-order valence-corrected chi connectivity index (χ0v) is 18.3. The number of nitrogens with zero attached hydrogens (tertiary/aromatic N) is 1. The molecule has 0 saturated carbocycles. The summed E-state index contributed by atoms with van der Waals surface area (Å²) in [4.78, 5) is 27.3. The van der Waals surface area contributed by atoms with E-state index in [1.54, 1.807) is 43.4 Å². The largest absolute Gasteiger partial charge is 0.497 e. The Morgan fingerprint density at radius 1 is 1.03 bits per heavy atom. The Kier molecular flexibility index (Phi) is 7.94. The van der Waals surface area contributed by atoms with Gasteiger partial charge < -0.3 is 25.4 Å². The van der Waals surface area contributed by atoms with Crippen LogP contribution < -0.4 is 20.5 Å². The number of carbonyl (C=O) groups excluding carboxylic acids is 2. The standard InChI is InChI=1S/C22H27N3O4.ClH/c1-14-4-5-17(23)12-20(14)24-21(26)15-6-8-25(9-7-15)22(27)16-10-18(28-2)13-19(11-16)29-3;/h4-5,10-13,15H,6-9,23H2,1-3H3,(H,24,26);1H. The van der Waals surface area contributed by atoms with E-state index in [1.807, 2.05) is 19.1 Å². The van der Waals surface area contributed by atoms with E-state index in [4.69, 9.17) is 15.2 Å². The fourth-order valence-corrected chi connectivity index (χ4v) is 3.47. The molecule has 0 aromatic heterocycles. The average molecular weight is 434 g/mol. The van der Waals surface area contributed by atoms with E-state index >= 15 is 0 Å². The zero-order valence-electron chi connectivity index (χ0n) is 17.4. The molecule has 3 N–H and O–H groups in total.